The first kappa shape index (κ1) is 22.3. The van der Waals surface area contributed by atoms with E-state index in [1.54, 1.807) is 16.7 Å². The zero-order chi connectivity index (χ0) is 18.1. The summed E-state index contributed by atoms with van der Waals surface area (Å²) in [5.74, 6) is 1.42. The van der Waals surface area contributed by atoms with E-state index in [1.165, 1.54) is 5.56 Å². The first-order valence-electron chi connectivity index (χ1n) is 9.87. The van der Waals surface area contributed by atoms with Crippen molar-refractivity contribution in [1.82, 2.24) is 0 Å². The molecule has 3 aliphatic rings. The second-order valence-corrected chi connectivity index (χ2v) is 17.1. The van der Waals surface area contributed by atoms with Gasteiger partial charge in [0.1, 0.15) is 0 Å². The van der Waals surface area contributed by atoms with Gasteiger partial charge in [0, 0.05) is 0 Å². The number of fused-ring (bicyclic) bond motifs is 3. The van der Waals surface area contributed by atoms with Crippen LogP contribution in [0.3, 0.4) is 0 Å². The minimum absolute atomic E-state index is 0. The summed E-state index contributed by atoms with van der Waals surface area (Å²) in [5, 5.41) is 3.76. The molecule has 0 N–H and O–H groups in total. The van der Waals surface area contributed by atoms with Gasteiger partial charge >= 0.3 is 171 Å². The SMILES string of the molecule is CC(C)[CH]([Zr+2][CH]1C2=C(c3ccccc31)[Si]2(C)C)C1C=Cc2ccccc21.[Cl-].[Cl-]. The fourth-order valence-electron chi connectivity index (χ4n) is 5.28. The van der Waals surface area contributed by atoms with Gasteiger partial charge in [0.15, 0.2) is 0 Å². The van der Waals surface area contributed by atoms with Crippen molar-refractivity contribution < 1.29 is 48.0 Å². The van der Waals surface area contributed by atoms with Crippen LogP contribution in [-0.4, -0.2) is 8.07 Å². The number of rotatable bonds is 4. The van der Waals surface area contributed by atoms with Crippen LogP contribution in [0.15, 0.2) is 59.8 Å². The Morgan fingerprint density at radius 3 is 2.25 bits per heavy atom. The second-order valence-electron chi connectivity index (χ2n) is 8.88. The van der Waals surface area contributed by atoms with E-state index in [9.17, 15) is 0 Å². The van der Waals surface area contributed by atoms with Crippen LogP contribution in [0.1, 0.15) is 45.6 Å². The Kier molecular flexibility index (Phi) is 6.39. The van der Waals surface area contributed by atoms with Gasteiger partial charge in [-0.05, 0) is 0 Å². The summed E-state index contributed by atoms with van der Waals surface area (Å²) >= 11 is -0.624. The number of hydrogen-bond donors (Lipinski definition) is 0. The maximum atomic E-state index is 2.58. The third kappa shape index (κ3) is 3.29. The molecule has 0 bridgehead atoms. The molecule has 0 radical (unpaired) electrons. The van der Waals surface area contributed by atoms with E-state index in [1.807, 2.05) is 10.4 Å². The van der Waals surface area contributed by atoms with Crippen LogP contribution in [0.5, 0.6) is 0 Å². The van der Waals surface area contributed by atoms with E-state index >= 15 is 0 Å². The van der Waals surface area contributed by atoms with Gasteiger partial charge < -0.3 is 24.8 Å². The van der Waals surface area contributed by atoms with Crippen molar-refractivity contribution in [1.29, 1.82) is 0 Å². The molecule has 4 heteroatoms. The Balaban J connectivity index is 0.00000112. The monoisotopic (exact) mass is 502 g/mol. The summed E-state index contributed by atoms with van der Waals surface area (Å²) in [7, 11) is -1.18. The van der Waals surface area contributed by atoms with Gasteiger partial charge in [-0.15, -0.1) is 0 Å². The number of allylic oxidation sites excluding steroid dienone is 2. The van der Waals surface area contributed by atoms with Gasteiger partial charge in [0.25, 0.3) is 0 Å². The second kappa shape index (κ2) is 8.03. The van der Waals surface area contributed by atoms with Crippen LogP contribution in [0.2, 0.25) is 16.7 Å². The fraction of sp³-hybridized carbons (Fsp3) is 0.333. The quantitative estimate of drug-likeness (QED) is 0.537. The minimum Gasteiger partial charge on any atom is -1.00 e. The van der Waals surface area contributed by atoms with Gasteiger partial charge in [0.05, 0.1) is 0 Å². The summed E-state index contributed by atoms with van der Waals surface area (Å²) in [4.78, 5) is 0. The summed E-state index contributed by atoms with van der Waals surface area (Å²) < 4.78 is 1.72. The molecule has 2 aromatic carbocycles. The number of hydrogen-bond acceptors (Lipinski definition) is 0. The standard InChI is InChI=1S/C13H15.C11H11Si.2ClH.Zr/c1-10(2)9-12-8-7-11-5-3-4-6-13(11)12;1-12(2)10-7-8-5-3-4-6-9(8)11(10)12;;;/h3-10,12H,1-2H3;3-7H,1-2H3;2*1H;/q;;;;+2/p-2. The van der Waals surface area contributed by atoms with Crippen LogP contribution >= 0.6 is 0 Å². The normalized spacial score (nSPS) is 23.2. The Morgan fingerprint density at radius 1 is 0.893 bits per heavy atom. The molecule has 0 aromatic heterocycles. The first-order valence-corrected chi connectivity index (χ1v) is 15.7. The van der Waals surface area contributed by atoms with Gasteiger partial charge in [-0.1, -0.05) is 0 Å². The van der Waals surface area contributed by atoms with Gasteiger partial charge in [-0.3, -0.25) is 0 Å². The van der Waals surface area contributed by atoms with Crippen molar-refractivity contribution >= 4 is 19.3 Å². The first-order chi connectivity index (χ1) is 12.5. The van der Waals surface area contributed by atoms with Crippen LogP contribution in [0, 0.1) is 5.92 Å². The van der Waals surface area contributed by atoms with Crippen molar-refractivity contribution in [2.75, 3.05) is 0 Å². The maximum Gasteiger partial charge on any atom is -1.00 e. The summed E-state index contributed by atoms with van der Waals surface area (Å²) in [6.07, 6.45) is 4.89. The predicted octanol–water partition coefficient (Wildman–Crippen LogP) is 0.641. The van der Waals surface area contributed by atoms with Crippen molar-refractivity contribution in [3.63, 3.8) is 0 Å². The molecule has 28 heavy (non-hydrogen) atoms. The summed E-state index contributed by atoms with van der Waals surface area (Å²) in [6, 6.07) is 18.4. The molecule has 3 unspecified atom stereocenters. The number of halogens is 2. The molecule has 1 aliphatic heterocycles. The molecule has 0 saturated carbocycles. The largest absolute Gasteiger partial charge is 1.00 e. The topological polar surface area (TPSA) is 0 Å². The molecular formula is C24H26Cl2SiZr. The Labute approximate surface area is 194 Å². The molecule has 0 amide bonds. The molecular weight excluding hydrogens is 478 g/mol. The zero-order valence-electron chi connectivity index (χ0n) is 16.8. The van der Waals surface area contributed by atoms with Crippen molar-refractivity contribution in [2.24, 2.45) is 5.92 Å². The molecule has 2 aliphatic carbocycles. The van der Waals surface area contributed by atoms with Gasteiger partial charge in [-0.2, -0.15) is 0 Å². The van der Waals surface area contributed by atoms with Crippen molar-refractivity contribution in [2.45, 2.75) is 40.1 Å². The Bertz CT molecular complexity index is 961. The molecule has 1 heterocycles. The van der Waals surface area contributed by atoms with E-state index < -0.39 is 31.3 Å². The van der Waals surface area contributed by atoms with Gasteiger partial charge in [-0.25, -0.2) is 0 Å². The summed E-state index contributed by atoms with van der Waals surface area (Å²) in [6.45, 7) is 10.1. The Morgan fingerprint density at radius 2 is 1.54 bits per heavy atom. The molecule has 0 spiro atoms. The van der Waals surface area contributed by atoms with Crippen molar-refractivity contribution in [3.05, 3.63) is 82.1 Å². The molecule has 144 valence electrons. The molecule has 3 atom stereocenters. The molecule has 2 aromatic rings. The average molecular weight is 505 g/mol. The molecule has 0 nitrogen and oxygen atoms in total. The fourth-order valence-corrected chi connectivity index (χ4v) is 17.5. The van der Waals surface area contributed by atoms with E-state index in [0.717, 1.165) is 13.2 Å². The van der Waals surface area contributed by atoms with Crippen LogP contribution in [0.25, 0.3) is 11.3 Å². The maximum absolute atomic E-state index is 2.58. The Hall–Kier alpha value is -0.400. The third-order valence-corrected chi connectivity index (χ3v) is 16.5. The van der Waals surface area contributed by atoms with E-state index in [0.29, 0.717) is 5.92 Å². The number of benzene rings is 2. The van der Waals surface area contributed by atoms with Crippen LogP contribution in [-0.2, 0) is 23.2 Å². The smallest absolute Gasteiger partial charge is 1.00 e. The predicted molar refractivity (Wildman–Crippen MR) is 110 cm³/mol. The molecule has 5 rings (SSSR count). The van der Waals surface area contributed by atoms with Gasteiger partial charge in [0.2, 0.25) is 0 Å². The van der Waals surface area contributed by atoms with Crippen LogP contribution < -0.4 is 24.8 Å². The molecule has 0 saturated heterocycles. The zero-order valence-corrected chi connectivity index (χ0v) is 21.8. The van der Waals surface area contributed by atoms with E-state index in [4.69, 9.17) is 0 Å². The van der Waals surface area contributed by atoms with Crippen LogP contribution in [0.4, 0.5) is 0 Å². The van der Waals surface area contributed by atoms with E-state index in [2.05, 4.69) is 87.6 Å². The minimum atomic E-state index is -1.18. The average Bonchev–Trinajstić information content (AvgIpc) is 2.95. The van der Waals surface area contributed by atoms with E-state index in [-0.39, 0.29) is 24.8 Å². The van der Waals surface area contributed by atoms with Crippen molar-refractivity contribution in [3.8, 4) is 0 Å². The molecule has 0 fully saturated rings. The summed E-state index contributed by atoms with van der Waals surface area (Å²) in [5.41, 5.74) is 6.36. The third-order valence-electron chi connectivity index (χ3n) is 6.64.